The quantitative estimate of drug-likeness (QED) is 0.425. The van der Waals surface area contributed by atoms with Crippen LogP contribution in [0.3, 0.4) is 0 Å². The molecule has 11 heteroatoms. The van der Waals surface area contributed by atoms with E-state index in [0.717, 1.165) is 11.1 Å². The van der Waals surface area contributed by atoms with Crippen molar-refractivity contribution in [2.45, 2.75) is 38.0 Å². The number of likely N-dealkylation sites (N-methyl/N-ethyl adjacent to an activating group) is 1. The number of sulfonamides is 1. The molecule has 1 fully saturated rings. The first kappa shape index (κ1) is 27.7. The summed E-state index contributed by atoms with van der Waals surface area (Å²) in [5.74, 6) is -0.567. The molecule has 1 heterocycles. The Morgan fingerprint density at radius 2 is 1.97 bits per heavy atom. The van der Waals surface area contributed by atoms with Crippen molar-refractivity contribution in [3.05, 3.63) is 63.6 Å². The number of rotatable bonds is 10. The van der Waals surface area contributed by atoms with E-state index in [1.54, 1.807) is 48.3 Å². The van der Waals surface area contributed by atoms with Crippen molar-refractivity contribution in [1.82, 2.24) is 9.80 Å². The van der Waals surface area contributed by atoms with Crippen LogP contribution in [0.1, 0.15) is 30.5 Å². The van der Waals surface area contributed by atoms with Crippen molar-refractivity contribution >= 4 is 44.8 Å². The number of hydrogen-bond donors (Lipinski definition) is 3. The molecule has 35 heavy (non-hydrogen) atoms. The number of anilines is 1. The van der Waals surface area contributed by atoms with Crippen molar-refractivity contribution < 1.29 is 23.4 Å². The zero-order valence-electron chi connectivity index (χ0n) is 19.7. The standard InChI is InChI=1S/C24H31Cl2N3O5S/c1-16(30)15-35(33,34)27-19-5-3-4-18(12-19)23(14-29-9-8-20(31)13-29)28(2)24(32)11-17-6-7-21(25)22(26)10-17/h3-7,10,12,16,20,23,27,30-31H,8-9,11,13-15H2,1-2H3/t16?,20-,23-/m1/s1. The normalized spacial score (nSPS) is 18.3. The Kier molecular flexibility index (Phi) is 9.42. The molecule has 0 saturated carbocycles. The number of amides is 1. The van der Waals surface area contributed by atoms with E-state index in [1.165, 1.54) is 6.92 Å². The molecule has 2 aromatic carbocycles. The van der Waals surface area contributed by atoms with E-state index in [1.807, 2.05) is 6.07 Å². The molecule has 0 aromatic heterocycles. The largest absolute Gasteiger partial charge is 0.392 e. The van der Waals surface area contributed by atoms with E-state index in [2.05, 4.69) is 9.62 Å². The number of benzene rings is 2. The van der Waals surface area contributed by atoms with Gasteiger partial charge >= 0.3 is 0 Å². The Labute approximate surface area is 216 Å². The van der Waals surface area contributed by atoms with Crippen LogP contribution < -0.4 is 4.72 Å². The minimum Gasteiger partial charge on any atom is -0.392 e. The molecule has 3 atom stereocenters. The summed E-state index contributed by atoms with van der Waals surface area (Å²) < 4.78 is 27.1. The van der Waals surface area contributed by atoms with Gasteiger partial charge in [0.15, 0.2) is 0 Å². The van der Waals surface area contributed by atoms with Gasteiger partial charge in [-0.2, -0.15) is 0 Å². The second-order valence-electron chi connectivity index (χ2n) is 9.01. The van der Waals surface area contributed by atoms with Crippen LogP contribution in [0.15, 0.2) is 42.5 Å². The third-order valence-electron chi connectivity index (χ3n) is 5.88. The predicted molar refractivity (Wildman–Crippen MR) is 138 cm³/mol. The molecule has 0 spiro atoms. The summed E-state index contributed by atoms with van der Waals surface area (Å²) in [6.45, 7) is 3.09. The average Bonchev–Trinajstić information content (AvgIpc) is 3.17. The summed E-state index contributed by atoms with van der Waals surface area (Å²) in [5.41, 5.74) is 1.82. The highest BCUT2D eigenvalue weighted by Gasteiger charge is 2.28. The Morgan fingerprint density at radius 1 is 1.23 bits per heavy atom. The topological polar surface area (TPSA) is 110 Å². The molecule has 3 N–H and O–H groups in total. The first-order chi connectivity index (χ1) is 16.4. The van der Waals surface area contributed by atoms with E-state index < -0.39 is 34.0 Å². The summed E-state index contributed by atoms with van der Waals surface area (Å²) in [4.78, 5) is 17.0. The summed E-state index contributed by atoms with van der Waals surface area (Å²) in [6, 6.07) is 11.6. The number of hydrogen-bond acceptors (Lipinski definition) is 6. The fourth-order valence-electron chi connectivity index (χ4n) is 4.15. The van der Waals surface area contributed by atoms with E-state index in [-0.39, 0.29) is 12.3 Å². The second kappa shape index (κ2) is 11.9. The Balaban J connectivity index is 1.85. The summed E-state index contributed by atoms with van der Waals surface area (Å²) in [7, 11) is -2.03. The zero-order valence-corrected chi connectivity index (χ0v) is 22.0. The van der Waals surface area contributed by atoms with Crippen molar-refractivity contribution in [2.24, 2.45) is 0 Å². The number of nitrogens with zero attached hydrogens (tertiary/aromatic N) is 2. The van der Waals surface area contributed by atoms with E-state index in [4.69, 9.17) is 23.2 Å². The number of carbonyl (C=O) groups excluding carboxylic acids is 1. The summed E-state index contributed by atoms with van der Waals surface area (Å²) in [6.07, 6.45) is -0.637. The Hall–Kier alpha value is -1.88. The number of β-amino-alcohol motifs (C(OH)–C–C–N with tert-alkyl or cyclic N) is 1. The minimum absolute atomic E-state index is 0.118. The van der Waals surface area contributed by atoms with Crippen LogP contribution in [0.25, 0.3) is 0 Å². The molecule has 1 unspecified atom stereocenters. The molecule has 1 aliphatic rings. The van der Waals surface area contributed by atoms with Crippen LogP contribution in [0.4, 0.5) is 5.69 Å². The second-order valence-corrected chi connectivity index (χ2v) is 11.6. The third-order valence-corrected chi connectivity index (χ3v) is 8.09. The van der Waals surface area contributed by atoms with Gasteiger partial charge in [0.1, 0.15) is 0 Å². The van der Waals surface area contributed by atoms with Crippen molar-refractivity contribution in [3.8, 4) is 0 Å². The van der Waals surface area contributed by atoms with E-state index in [0.29, 0.717) is 41.8 Å². The minimum atomic E-state index is -3.74. The molecule has 3 rings (SSSR count). The molecule has 0 aliphatic carbocycles. The van der Waals surface area contributed by atoms with E-state index in [9.17, 15) is 23.4 Å². The van der Waals surface area contributed by atoms with Gasteiger partial charge < -0.3 is 15.1 Å². The lowest BCUT2D eigenvalue weighted by atomic mass is 10.0. The molecule has 2 aromatic rings. The lowest BCUT2D eigenvalue weighted by molar-refractivity contribution is -0.131. The van der Waals surface area contributed by atoms with Gasteiger partial charge in [0, 0.05) is 32.4 Å². The van der Waals surface area contributed by atoms with Gasteiger partial charge in [0.2, 0.25) is 15.9 Å². The van der Waals surface area contributed by atoms with Gasteiger partial charge in [0.25, 0.3) is 0 Å². The van der Waals surface area contributed by atoms with Crippen molar-refractivity contribution in [2.75, 3.05) is 37.2 Å². The monoisotopic (exact) mass is 543 g/mol. The molecule has 0 radical (unpaired) electrons. The number of likely N-dealkylation sites (tertiary alicyclic amines) is 1. The number of aliphatic hydroxyl groups excluding tert-OH is 2. The number of aliphatic hydroxyl groups is 2. The first-order valence-electron chi connectivity index (χ1n) is 11.3. The predicted octanol–water partition coefficient (Wildman–Crippen LogP) is 2.92. The van der Waals surface area contributed by atoms with Gasteiger partial charge in [-0.15, -0.1) is 0 Å². The number of carbonyl (C=O) groups is 1. The highest BCUT2D eigenvalue weighted by atomic mass is 35.5. The van der Waals surface area contributed by atoms with Gasteiger partial charge in [-0.05, 0) is 48.7 Å². The Bertz CT molecular complexity index is 1150. The lowest BCUT2D eigenvalue weighted by Gasteiger charge is -2.32. The summed E-state index contributed by atoms with van der Waals surface area (Å²) >= 11 is 12.1. The average molecular weight is 545 g/mol. The maximum Gasteiger partial charge on any atom is 0.235 e. The molecule has 8 nitrogen and oxygen atoms in total. The van der Waals surface area contributed by atoms with Gasteiger partial charge in [-0.25, -0.2) is 8.42 Å². The molecule has 0 bridgehead atoms. The van der Waals surface area contributed by atoms with Crippen LogP contribution >= 0.6 is 23.2 Å². The smallest absolute Gasteiger partial charge is 0.235 e. The fraction of sp³-hybridized carbons (Fsp3) is 0.458. The van der Waals surface area contributed by atoms with Crippen LogP contribution in [0, 0.1) is 0 Å². The Morgan fingerprint density at radius 3 is 2.60 bits per heavy atom. The highest BCUT2D eigenvalue weighted by molar-refractivity contribution is 7.92. The highest BCUT2D eigenvalue weighted by Crippen LogP contribution is 2.28. The molecule has 1 aliphatic heterocycles. The van der Waals surface area contributed by atoms with Crippen LogP contribution in [0.2, 0.25) is 10.0 Å². The zero-order chi connectivity index (χ0) is 25.8. The third kappa shape index (κ3) is 8.06. The molecular formula is C24H31Cl2N3O5S. The van der Waals surface area contributed by atoms with Gasteiger partial charge in [0.05, 0.1) is 40.5 Å². The SMILES string of the molecule is CC(O)CS(=O)(=O)Nc1cccc([C@@H](CN2CC[C@@H](O)C2)N(C)C(=O)Cc2ccc(Cl)c(Cl)c2)c1. The summed E-state index contributed by atoms with van der Waals surface area (Å²) in [5, 5.41) is 20.2. The van der Waals surface area contributed by atoms with Crippen LogP contribution in [-0.2, 0) is 21.2 Å². The first-order valence-corrected chi connectivity index (χ1v) is 13.7. The number of nitrogens with one attached hydrogen (secondary N) is 1. The maximum absolute atomic E-state index is 13.2. The number of halogens is 2. The molecule has 192 valence electrons. The fourth-order valence-corrected chi connectivity index (χ4v) is 5.67. The van der Waals surface area contributed by atoms with Crippen LogP contribution in [-0.4, -0.2) is 79.0 Å². The van der Waals surface area contributed by atoms with Gasteiger partial charge in [-0.3, -0.25) is 14.4 Å². The van der Waals surface area contributed by atoms with Crippen molar-refractivity contribution in [3.63, 3.8) is 0 Å². The van der Waals surface area contributed by atoms with Crippen LogP contribution in [0.5, 0.6) is 0 Å². The molecular weight excluding hydrogens is 513 g/mol. The van der Waals surface area contributed by atoms with Gasteiger partial charge in [-0.1, -0.05) is 41.4 Å². The lowest BCUT2D eigenvalue weighted by Crippen LogP contribution is -2.39. The van der Waals surface area contributed by atoms with Crippen molar-refractivity contribution in [1.29, 1.82) is 0 Å². The maximum atomic E-state index is 13.2. The van der Waals surface area contributed by atoms with E-state index >= 15 is 0 Å². The molecule has 1 saturated heterocycles. The molecule has 1 amide bonds.